The molecule has 1 fully saturated rings. The van der Waals surface area contributed by atoms with Crippen LogP contribution in [-0.2, 0) is 26.0 Å². The number of nitrogens with one attached hydrogen (secondary N) is 3. The van der Waals surface area contributed by atoms with Crippen molar-refractivity contribution in [1.29, 1.82) is 5.41 Å². The van der Waals surface area contributed by atoms with Crippen LogP contribution in [0, 0.1) is 5.41 Å². The fourth-order valence-electron chi connectivity index (χ4n) is 4.79. The lowest BCUT2D eigenvalue weighted by molar-refractivity contribution is -0.138. The molecule has 1 heterocycles. The van der Waals surface area contributed by atoms with Crippen molar-refractivity contribution in [1.82, 2.24) is 14.9 Å². The Morgan fingerprint density at radius 1 is 1.02 bits per heavy atom. The van der Waals surface area contributed by atoms with Crippen LogP contribution in [0.2, 0.25) is 0 Å². The van der Waals surface area contributed by atoms with Crippen LogP contribution < -0.4 is 15.8 Å². The van der Waals surface area contributed by atoms with Crippen LogP contribution in [0.5, 0.6) is 0 Å². The number of aliphatic carboxylic acids is 1. The molecular weight excluding hydrogens is 618 g/mol. The number of carboxylic acid groups (broad SMARTS) is 1. The number of benzene rings is 2. The number of carbonyl (C=O) groups excluding carboxylic acids is 1. The maximum absolute atomic E-state index is 13.6. The lowest BCUT2D eigenvalue weighted by Gasteiger charge is -2.26. The highest BCUT2D eigenvalue weighted by atomic mass is 35.5. The highest BCUT2D eigenvalue weighted by molar-refractivity contribution is 7.89. The van der Waals surface area contributed by atoms with E-state index in [4.69, 9.17) is 15.9 Å². The van der Waals surface area contributed by atoms with Gasteiger partial charge in [-0.15, -0.1) is 12.4 Å². The molecule has 0 spiro atoms. The number of ether oxygens (including phenoxy) is 1. The molecule has 1 amide bonds. The maximum Gasteiger partial charge on any atom is 0.409 e. The maximum atomic E-state index is 13.6. The third-order valence-electron chi connectivity index (χ3n) is 7.26. The number of rotatable bonds is 11. The van der Waals surface area contributed by atoms with Crippen LogP contribution >= 0.6 is 12.4 Å². The van der Waals surface area contributed by atoms with Gasteiger partial charge in [0.25, 0.3) is 0 Å². The number of nitrogens with two attached hydrogens (primary N) is 1. The molecular formula is C32H50ClN5O6S. The van der Waals surface area contributed by atoms with Gasteiger partial charge in [0.05, 0.1) is 11.5 Å². The molecule has 0 bridgehead atoms. The Morgan fingerprint density at radius 2 is 1.58 bits per heavy atom. The van der Waals surface area contributed by atoms with Crippen molar-refractivity contribution >= 4 is 40.3 Å². The summed E-state index contributed by atoms with van der Waals surface area (Å²) < 4.78 is 34.5. The Hall–Kier alpha value is -3.19. The van der Waals surface area contributed by atoms with Crippen LogP contribution in [0.4, 0.5) is 4.79 Å². The first-order valence-corrected chi connectivity index (χ1v) is 16.6. The molecule has 1 atom stereocenters. The summed E-state index contributed by atoms with van der Waals surface area (Å²) in [5, 5.41) is 20.5. The minimum absolute atomic E-state index is 0. The second-order valence-corrected chi connectivity index (χ2v) is 13.4. The molecule has 1 saturated heterocycles. The molecule has 1 aliphatic rings. The van der Waals surface area contributed by atoms with Gasteiger partial charge in [-0.2, -0.15) is 4.72 Å². The molecule has 2 aromatic rings. The summed E-state index contributed by atoms with van der Waals surface area (Å²) in [4.78, 5) is 25.0. The van der Waals surface area contributed by atoms with Gasteiger partial charge < -0.3 is 25.8 Å². The smallest absolute Gasteiger partial charge is 0.409 e. The minimum Gasteiger partial charge on any atom is -0.480 e. The second-order valence-electron chi connectivity index (χ2n) is 11.8. The predicted molar refractivity (Wildman–Crippen MR) is 180 cm³/mol. The summed E-state index contributed by atoms with van der Waals surface area (Å²) in [7, 11) is -4.14. The van der Waals surface area contributed by atoms with E-state index < -0.39 is 22.0 Å². The number of sulfonamides is 1. The first kappa shape index (κ1) is 39.8. The topological polar surface area (TPSA) is 175 Å². The van der Waals surface area contributed by atoms with Gasteiger partial charge in [-0.3, -0.25) is 10.2 Å². The number of nitrogen functional groups attached to an aromatic ring is 1. The molecule has 45 heavy (non-hydrogen) atoms. The van der Waals surface area contributed by atoms with Gasteiger partial charge in [-0.05, 0) is 59.4 Å². The number of nitrogens with zero attached hydrogens (tertiary/aromatic N) is 1. The SMILES string of the molecule is CC(C)c1cc(C(C)C)c(S(=O)(=O)N[C@@H](Cc2cccc(C(=N)N)c2)C(=O)O)c(C(C)C)c1.CCOC(=O)N1CCNCC1.Cl. The quantitative estimate of drug-likeness (QED) is 0.168. The van der Waals surface area contributed by atoms with Gasteiger partial charge in [0.2, 0.25) is 10.0 Å². The first-order valence-electron chi connectivity index (χ1n) is 15.1. The van der Waals surface area contributed by atoms with E-state index in [1.165, 1.54) is 0 Å². The lowest BCUT2D eigenvalue weighted by atomic mass is 9.89. The lowest BCUT2D eigenvalue weighted by Crippen LogP contribution is -2.46. The Balaban J connectivity index is 0.000000710. The monoisotopic (exact) mass is 667 g/mol. The van der Waals surface area contributed by atoms with Crippen molar-refractivity contribution in [3.05, 3.63) is 64.2 Å². The second kappa shape index (κ2) is 18.1. The van der Waals surface area contributed by atoms with Gasteiger partial charge in [0, 0.05) is 31.7 Å². The largest absolute Gasteiger partial charge is 0.480 e. The average molecular weight is 668 g/mol. The van der Waals surface area contributed by atoms with Gasteiger partial charge in [0.15, 0.2) is 0 Å². The van der Waals surface area contributed by atoms with E-state index in [1.807, 2.05) is 46.8 Å². The fourth-order valence-corrected chi connectivity index (χ4v) is 6.68. The van der Waals surface area contributed by atoms with E-state index in [0.29, 0.717) is 28.9 Å². The molecule has 0 unspecified atom stereocenters. The summed E-state index contributed by atoms with van der Waals surface area (Å²) >= 11 is 0. The molecule has 0 radical (unpaired) electrons. The molecule has 1 aliphatic heterocycles. The molecule has 13 heteroatoms. The van der Waals surface area contributed by atoms with Crippen molar-refractivity contribution < 1.29 is 27.9 Å². The van der Waals surface area contributed by atoms with E-state index in [1.54, 1.807) is 29.2 Å². The molecule has 252 valence electrons. The van der Waals surface area contributed by atoms with Crippen LogP contribution in [-0.4, -0.2) is 75.2 Å². The summed E-state index contributed by atoms with van der Waals surface area (Å²) in [6, 6.07) is 9.06. The number of carbonyl (C=O) groups is 2. The first-order chi connectivity index (χ1) is 20.6. The Morgan fingerprint density at radius 3 is 2.02 bits per heavy atom. The zero-order chi connectivity index (χ0) is 33.2. The number of amides is 1. The summed E-state index contributed by atoms with van der Waals surface area (Å²) in [5.74, 6) is -1.32. The van der Waals surface area contributed by atoms with Gasteiger partial charge in [-0.25, -0.2) is 13.2 Å². The molecule has 11 nitrogen and oxygen atoms in total. The summed E-state index contributed by atoms with van der Waals surface area (Å²) in [5.41, 5.74) is 8.97. The Kier molecular flexibility index (Phi) is 16.0. The van der Waals surface area contributed by atoms with Crippen LogP contribution in [0.25, 0.3) is 0 Å². The molecule has 0 aromatic heterocycles. The van der Waals surface area contributed by atoms with E-state index >= 15 is 0 Å². The number of piperazine rings is 1. The van der Waals surface area contributed by atoms with Crippen molar-refractivity contribution in [3.8, 4) is 0 Å². The van der Waals surface area contributed by atoms with Gasteiger partial charge in [0.1, 0.15) is 11.9 Å². The van der Waals surface area contributed by atoms with Crippen molar-refractivity contribution in [2.75, 3.05) is 32.8 Å². The van der Waals surface area contributed by atoms with E-state index in [-0.39, 0.29) is 53.4 Å². The molecule has 6 N–H and O–H groups in total. The average Bonchev–Trinajstić information content (AvgIpc) is 2.96. The third kappa shape index (κ3) is 11.6. The van der Waals surface area contributed by atoms with Gasteiger partial charge in [-0.1, -0.05) is 71.9 Å². The molecule has 3 rings (SSSR count). The number of halogens is 1. The van der Waals surface area contributed by atoms with Gasteiger partial charge >= 0.3 is 12.1 Å². The van der Waals surface area contributed by atoms with Crippen molar-refractivity contribution in [3.63, 3.8) is 0 Å². The van der Waals surface area contributed by atoms with Crippen LogP contribution in [0.1, 0.15) is 94.0 Å². The fraction of sp³-hybridized carbons (Fsp3) is 0.531. The number of hydrogen-bond acceptors (Lipinski definition) is 7. The molecule has 2 aromatic carbocycles. The minimum atomic E-state index is -4.14. The van der Waals surface area contributed by atoms with Crippen molar-refractivity contribution in [2.24, 2.45) is 5.73 Å². The van der Waals surface area contributed by atoms with E-state index in [0.717, 1.165) is 31.7 Å². The number of carboxylic acids is 1. The van der Waals surface area contributed by atoms with E-state index in [2.05, 4.69) is 23.9 Å². The highest BCUT2D eigenvalue weighted by Crippen LogP contribution is 2.35. The Bertz CT molecular complexity index is 1380. The highest BCUT2D eigenvalue weighted by Gasteiger charge is 2.31. The zero-order valence-corrected chi connectivity index (χ0v) is 29.0. The number of amidine groups is 1. The van der Waals surface area contributed by atoms with Crippen LogP contribution in [0.3, 0.4) is 0 Å². The predicted octanol–water partition coefficient (Wildman–Crippen LogP) is 4.78. The zero-order valence-electron chi connectivity index (χ0n) is 27.3. The third-order valence-corrected chi connectivity index (χ3v) is 8.87. The molecule has 0 aliphatic carbocycles. The summed E-state index contributed by atoms with van der Waals surface area (Å²) in [6.07, 6.45) is -0.262. The molecule has 0 saturated carbocycles. The van der Waals surface area contributed by atoms with E-state index in [9.17, 15) is 23.1 Å². The van der Waals surface area contributed by atoms with Crippen LogP contribution in [0.15, 0.2) is 41.3 Å². The standard InChI is InChI=1S/C25H35N3O4S.C7H14N2O2.ClH/c1-14(2)19-12-20(15(3)4)23(21(13-19)16(5)6)33(31,32)28-22(25(29)30)11-17-8-7-9-18(10-17)24(26)27;1-2-11-7(10)9-5-3-8-4-6-9;/h7-10,12-16,22,28H,11H2,1-6H3,(H3,26,27)(H,29,30);8H,2-6H2,1H3;1H/t22-;;/m0../s1. The normalized spacial score (nSPS) is 14.0. The van der Waals surface area contributed by atoms with Crippen molar-refractivity contribution in [2.45, 2.75) is 83.6 Å². The number of hydrogen-bond donors (Lipinski definition) is 5. The summed E-state index contributed by atoms with van der Waals surface area (Å²) in [6.45, 7) is 17.4. The Labute approximate surface area is 274 Å².